The third-order valence-electron chi connectivity index (χ3n) is 0.940. The van der Waals surface area contributed by atoms with E-state index in [-0.39, 0.29) is 29.6 Å². The number of hydrogen-bond acceptors (Lipinski definition) is 3. The zero-order chi connectivity index (χ0) is 7.82. The molecule has 1 rings (SSSR count). The molecule has 0 radical (unpaired) electrons. The van der Waals surface area contributed by atoms with Gasteiger partial charge in [-0.05, 0) is 6.92 Å². The van der Waals surface area contributed by atoms with Crippen LogP contribution in [-0.4, -0.2) is 0 Å². The monoisotopic (exact) mass is 161 g/mol. The third kappa shape index (κ3) is 9.62. The fraction of sp³-hybridized carbons (Fsp3) is 0.143. The van der Waals surface area contributed by atoms with Crippen molar-refractivity contribution in [1.29, 1.82) is 0 Å². The minimum absolute atomic E-state index is 0. The SMILES string of the molecule is Cc1ccccc1.O=N[O-].[Na+]. The van der Waals surface area contributed by atoms with Crippen molar-refractivity contribution >= 4 is 0 Å². The molecule has 0 amide bonds. The maximum absolute atomic E-state index is 8.00. The Kier molecular flexibility index (Phi) is 11.6. The van der Waals surface area contributed by atoms with E-state index in [0.29, 0.717) is 0 Å². The summed E-state index contributed by atoms with van der Waals surface area (Å²) < 4.78 is 0. The van der Waals surface area contributed by atoms with Crippen molar-refractivity contribution < 1.29 is 29.6 Å². The average molecular weight is 161 g/mol. The van der Waals surface area contributed by atoms with Crippen LogP contribution < -0.4 is 29.6 Å². The van der Waals surface area contributed by atoms with Gasteiger partial charge in [0.25, 0.3) is 0 Å². The zero-order valence-electron chi connectivity index (χ0n) is 6.65. The van der Waals surface area contributed by atoms with Crippen LogP contribution in [0, 0.1) is 17.0 Å². The van der Waals surface area contributed by atoms with E-state index in [1.165, 1.54) is 5.56 Å². The Bertz CT molecular complexity index is 179. The summed E-state index contributed by atoms with van der Waals surface area (Å²) in [7, 11) is 0. The smallest absolute Gasteiger partial charge is 0.444 e. The van der Waals surface area contributed by atoms with Gasteiger partial charge in [0.2, 0.25) is 0 Å². The minimum Gasteiger partial charge on any atom is -0.444 e. The first kappa shape index (κ1) is 13.2. The first-order valence-electron chi connectivity index (χ1n) is 2.78. The number of hydrogen-bond donors (Lipinski definition) is 0. The molecule has 0 unspecified atom stereocenters. The second kappa shape index (κ2) is 9.62. The van der Waals surface area contributed by atoms with Gasteiger partial charge in [-0.1, -0.05) is 35.9 Å². The summed E-state index contributed by atoms with van der Waals surface area (Å²) in [4.78, 5) is 8.00. The Hall–Kier alpha value is -0.380. The van der Waals surface area contributed by atoms with E-state index in [2.05, 4.69) is 19.1 Å². The Morgan fingerprint density at radius 2 is 1.64 bits per heavy atom. The van der Waals surface area contributed by atoms with Gasteiger partial charge >= 0.3 is 29.6 Å². The van der Waals surface area contributed by atoms with E-state index in [1.54, 1.807) is 0 Å². The van der Waals surface area contributed by atoms with Gasteiger partial charge < -0.3 is 10.1 Å². The first-order valence-corrected chi connectivity index (χ1v) is 2.78. The summed E-state index contributed by atoms with van der Waals surface area (Å²) in [5.74, 6) is 0. The first-order chi connectivity index (χ1) is 4.81. The van der Waals surface area contributed by atoms with E-state index < -0.39 is 0 Å². The molecule has 11 heavy (non-hydrogen) atoms. The van der Waals surface area contributed by atoms with Gasteiger partial charge in [-0.25, -0.2) is 0 Å². The standard InChI is InChI=1S/C7H8.HNO2.Na/c1-7-5-3-2-4-6-7;2-1-3;/h2-6H,1H3;(H,2,3);/q;;+1/p-1. The van der Waals surface area contributed by atoms with Crippen molar-refractivity contribution in [3.8, 4) is 0 Å². The second-order valence-corrected chi connectivity index (χ2v) is 1.73. The summed E-state index contributed by atoms with van der Waals surface area (Å²) in [6.45, 7) is 2.08. The molecule has 54 valence electrons. The van der Waals surface area contributed by atoms with Crippen molar-refractivity contribution in [1.82, 2.24) is 0 Å². The van der Waals surface area contributed by atoms with E-state index in [1.807, 2.05) is 18.2 Å². The molecular formula is C7H8NNaO2. The summed E-state index contributed by atoms with van der Waals surface area (Å²) in [6.07, 6.45) is 0. The van der Waals surface area contributed by atoms with Crippen LogP contribution in [0.4, 0.5) is 0 Å². The Morgan fingerprint density at radius 3 is 1.82 bits per heavy atom. The van der Waals surface area contributed by atoms with Crippen LogP contribution in [-0.2, 0) is 0 Å². The van der Waals surface area contributed by atoms with Crippen LogP contribution in [0.1, 0.15) is 5.56 Å². The molecule has 0 aliphatic carbocycles. The quantitative estimate of drug-likeness (QED) is 0.285. The molecule has 0 saturated carbocycles. The molecule has 0 aliphatic rings. The van der Waals surface area contributed by atoms with Crippen LogP contribution in [0.3, 0.4) is 0 Å². The van der Waals surface area contributed by atoms with E-state index in [9.17, 15) is 0 Å². The average Bonchev–Trinajstić information content (AvgIpc) is 1.91. The third-order valence-corrected chi connectivity index (χ3v) is 0.940. The fourth-order valence-corrected chi connectivity index (χ4v) is 0.534. The molecule has 1 aromatic rings. The Balaban J connectivity index is 0. The molecule has 0 heterocycles. The molecule has 0 saturated heterocycles. The van der Waals surface area contributed by atoms with E-state index >= 15 is 0 Å². The number of benzene rings is 1. The number of aryl methyl sites for hydroxylation is 1. The number of nitrogens with zero attached hydrogens (tertiary/aromatic N) is 1. The topological polar surface area (TPSA) is 52.5 Å². The molecule has 0 aromatic heterocycles. The fourth-order valence-electron chi connectivity index (χ4n) is 0.534. The van der Waals surface area contributed by atoms with Crippen LogP contribution in [0.25, 0.3) is 0 Å². The summed E-state index contributed by atoms with van der Waals surface area (Å²) in [5, 5.41) is 9.00. The predicted octanol–water partition coefficient (Wildman–Crippen LogP) is -0.750. The zero-order valence-corrected chi connectivity index (χ0v) is 8.65. The van der Waals surface area contributed by atoms with Crippen LogP contribution >= 0.6 is 0 Å². The van der Waals surface area contributed by atoms with Gasteiger partial charge in [0.05, 0.1) is 0 Å². The summed E-state index contributed by atoms with van der Waals surface area (Å²) >= 11 is 0. The van der Waals surface area contributed by atoms with Gasteiger partial charge in [0.15, 0.2) is 0 Å². The van der Waals surface area contributed by atoms with Crippen LogP contribution in [0.2, 0.25) is 0 Å². The maximum atomic E-state index is 8.00. The molecule has 1 aromatic carbocycles. The van der Waals surface area contributed by atoms with Crippen molar-refractivity contribution in [2.75, 3.05) is 0 Å². The van der Waals surface area contributed by atoms with Crippen molar-refractivity contribution in [2.45, 2.75) is 6.92 Å². The van der Waals surface area contributed by atoms with Gasteiger partial charge in [-0.2, -0.15) is 0 Å². The van der Waals surface area contributed by atoms with Gasteiger partial charge in [0.1, 0.15) is 0 Å². The normalized spacial score (nSPS) is 6.64. The van der Waals surface area contributed by atoms with Gasteiger partial charge in [-0.3, -0.25) is 0 Å². The predicted molar refractivity (Wildman–Crippen MR) is 40.3 cm³/mol. The van der Waals surface area contributed by atoms with Crippen LogP contribution in [0.5, 0.6) is 0 Å². The molecule has 4 heteroatoms. The van der Waals surface area contributed by atoms with E-state index in [4.69, 9.17) is 10.1 Å². The van der Waals surface area contributed by atoms with Crippen molar-refractivity contribution in [3.63, 3.8) is 0 Å². The van der Waals surface area contributed by atoms with Gasteiger partial charge in [0, 0.05) is 0 Å². The van der Waals surface area contributed by atoms with Gasteiger partial charge in [-0.15, -0.1) is 5.34 Å². The Labute approximate surface area is 87.7 Å². The Morgan fingerprint density at radius 1 is 1.27 bits per heavy atom. The van der Waals surface area contributed by atoms with E-state index in [0.717, 1.165) is 5.34 Å². The molecule has 3 nitrogen and oxygen atoms in total. The van der Waals surface area contributed by atoms with Crippen molar-refractivity contribution in [2.24, 2.45) is 5.34 Å². The number of rotatable bonds is 0. The van der Waals surface area contributed by atoms with Crippen LogP contribution in [0.15, 0.2) is 35.7 Å². The minimum atomic E-state index is 0. The molecule has 0 spiro atoms. The molecule has 0 aliphatic heterocycles. The molecule has 0 atom stereocenters. The van der Waals surface area contributed by atoms with Crippen molar-refractivity contribution in [3.05, 3.63) is 46.0 Å². The maximum Gasteiger partial charge on any atom is 1.00 e. The summed E-state index contributed by atoms with van der Waals surface area (Å²) in [5.41, 5.74) is 1.32. The molecule has 0 bridgehead atoms. The molecule has 0 fully saturated rings. The largest absolute Gasteiger partial charge is 1.00 e. The molecular weight excluding hydrogens is 153 g/mol. The second-order valence-electron chi connectivity index (χ2n) is 1.73. The molecule has 0 N–H and O–H groups in total. The summed E-state index contributed by atoms with van der Waals surface area (Å²) in [6, 6.07) is 10.3.